The summed E-state index contributed by atoms with van der Waals surface area (Å²) in [6.07, 6.45) is 4.24. The Kier molecular flexibility index (Phi) is 5.96. The molecule has 0 radical (unpaired) electrons. The predicted molar refractivity (Wildman–Crippen MR) is 109 cm³/mol. The molecule has 1 aromatic carbocycles. The zero-order valence-electron chi connectivity index (χ0n) is 17.1. The van der Waals surface area contributed by atoms with Crippen LogP contribution in [0.2, 0.25) is 0 Å². The number of benzene rings is 1. The molecule has 2 unspecified atom stereocenters. The normalized spacial score (nSPS) is 25.2. The quantitative estimate of drug-likeness (QED) is 0.733. The summed E-state index contributed by atoms with van der Waals surface area (Å²) in [6, 6.07) is 6.15. The smallest absolute Gasteiger partial charge is 0.255 e. The molecule has 1 aromatic rings. The van der Waals surface area contributed by atoms with Crippen LogP contribution < -0.4 is 10.6 Å². The average molecular weight is 399 g/mol. The van der Waals surface area contributed by atoms with E-state index in [1.807, 2.05) is 12.1 Å². The van der Waals surface area contributed by atoms with E-state index in [-0.39, 0.29) is 24.1 Å². The number of rotatable bonds is 5. The standard InChI is InChI=1S/C22H30N4O3/c1-2-25(17-4-3-10-23-11-9-17)13-15-5-6-16-14-26(22(29)18(16)12-15)19-7-8-20(27)24-21(19)28/h5-6,12,17,19,23H,2-4,7-11,13-14H2,1H3,(H,24,27,28). The van der Waals surface area contributed by atoms with E-state index in [0.717, 1.165) is 43.7 Å². The van der Waals surface area contributed by atoms with Crippen molar-refractivity contribution < 1.29 is 14.4 Å². The molecule has 2 saturated heterocycles. The van der Waals surface area contributed by atoms with Crippen molar-refractivity contribution in [2.75, 3.05) is 19.6 Å². The highest BCUT2D eigenvalue weighted by molar-refractivity contribution is 6.05. The Balaban J connectivity index is 1.47. The maximum Gasteiger partial charge on any atom is 0.255 e. The van der Waals surface area contributed by atoms with Crippen molar-refractivity contribution in [2.45, 2.75) is 64.2 Å². The Morgan fingerprint density at radius 1 is 1.14 bits per heavy atom. The monoisotopic (exact) mass is 398 g/mol. The fourth-order valence-corrected chi connectivity index (χ4v) is 4.80. The summed E-state index contributed by atoms with van der Waals surface area (Å²) in [6.45, 7) is 6.61. The summed E-state index contributed by atoms with van der Waals surface area (Å²) in [5, 5.41) is 5.83. The van der Waals surface area contributed by atoms with E-state index < -0.39 is 6.04 Å². The third kappa shape index (κ3) is 4.21. The first-order valence-corrected chi connectivity index (χ1v) is 10.8. The van der Waals surface area contributed by atoms with Crippen molar-refractivity contribution in [3.63, 3.8) is 0 Å². The molecule has 156 valence electrons. The van der Waals surface area contributed by atoms with Crippen molar-refractivity contribution in [1.29, 1.82) is 0 Å². The topological polar surface area (TPSA) is 81.8 Å². The number of hydrogen-bond acceptors (Lipinski definition) is 5. The van der Waals surface area contributed by atoms with Crippen LogP contribution in [0.15, 0.2) is 18.2 Å². The molecule has 3 aliphatic heterocycles. The SMILES string of the molecule is CCN(Cc1ccc2c(c1)C(=O)N(C1CCC(=O)NC1=O)C2)C1CCCNCC1. The highest BCUT2D eigenvalue weighted by Crippen LogP contribution is 2.29. The van der Waals surface area contributed by atoms with Crippen LogP contribution in [-0.2, 0) is 22.7 Å². The molecule has 7 heteroatoms. The van der Waals surface area contributed by atoms with Crippen molar-refractivity contribution >= 4 is 17.7 Å². The third-order valence-electron chi connectivity index (χ3n) is 6.45. The van der Waals surface area contributed by atoms with Crippen LogP contribution in [0.3, 0.4) is 0 Å². The van der Waals surface area contributed by atoms with Crippen molar-refractivity contribution in [3.8, 4) is 0 Å². The molecular formula is C22H30N4O3. The van der Waals surface area contributed by atoms with Gasteiger partial charge in [-0.2, -0.15) is 0 Å². The van der Waals surface area contributed by atoms with Gasteiger partial charge in [-0.1, -0.05) is 19.1 Å². The highest BCUT2D eigenvalue weighted by Gasteiger charge is 2.39. The van der Waals surface area contributed by atoms with Crippen LogP contribution in [0.1, 0.15) is 60.5 Å². The maximum atomic E-state index is 13.0. The molecule has 0 saturated carbocycles. The number of imide groups is 1. The molecule has 0 spiro atoms. The number of amides is 3. The molecule has 0 aromatic heterocycles. The molecular weight excluding hydrogens is 368 g/mol. The van der Waals surface area contributed by atoms with Gasteiger partial charge in [0.05, 0.1) is 0 Å². The van der Waals surface area contributed by atoms with Gasteiger partial charge in [-0.05, 0) is 62.5 Å². The van der Waals surface area contributed by atoms with Gasteiger partial charge in [0.1, 0.15) is 6.04 Å². The van der Waals surface area contributed by atoms with Gasteiger partial charge in [0.15, 0.2) is 0 Å². The van der Waals surface area contributed by atoms with Crippen molar-refractivity contribution in [3.05, 3.63) is 34.9 Å². The number of nitrogens with one attached hydrogen (secondary N) is 2. The van der Waals surface area contributed by atoms with Crippen LogP contribution in [-0.4, -0.2) is 59.2 Å². The summed E-state index contributed by atoms with van der Waals surface area (Å²) in [7, 11) is 0. The minimum atomic E-state index is -0.554. The number of nitrogens with zero attached hydrogens (tertiary/aromatic N) is 2. The lowest BCUT2D eigenvalue weighted by Crippen LogP contribution is -2.52. The summed E-state index contributed by atoms with van der Waals surface area (Å²) >= 11 is 0. The number of carbonyl (C=O) groups excluding carboxylic acids is 3. The Morgan fingerprint density at radius 3 is 2.79 bits per heavy atom. The maximum absolute atomic E-state index is 13.0. The molecule has 29 heavy (non-hydrogen) atoms. The Labute approximate surface area is 171 Å². The summed E-state index contributed by atoms with van der Waals surface area (Å²) in [4.78, 5) is 40.8. The van der Waals surface area contributed by atoms with E-state index in [9.17, 15) is 14.4 Å². The summed E-state index contributed by atoms with van der Waals surface area (Å²) < 4.78 is 0. The lowest BCUT2D eigenvalue weighted by molar-refractivity contribution is -0.136. The van der Waals surface area contributed by atoms with Crippen LogP contribution in [0.25, 0.3) is 0 Å². The molecule has 3 amide bonds. The van der Waals surface area contributed by atoms with E-state index in [0.29, 0.717) is 24.6 Å². The lowest BCUT2D eigenvalue weighted by atomic mass is 10.0. The van der Waals surface area contributed by atoms with Crippen molar-refractivity contribution in [1.82, 2.24) is 20.4 Å². The van der Waals surface area contributed by atoms with Gasteiger partial charge in [-0.3, -0.25) is 24.6 Å². The second-order valence-corrected chi connectivity index (χ2v) is 8.29. The van der Waals surface area contributed by atoms with E-state index >= 15 is 0 Å². The summed E-state index contributed by atoms with van der Waals surface area (Å²) in [5.41, 5.74) is 2.80. The second kappa shape index (κ2) is 8.63. The molecule has 2 atom stereocenters. The van der Waals surface area contributed by atoms with Gasteiger partial charge < -0.3 is 10.2 Å². The molecule has 7 nitrogen and oxygen atoms in total. The van der Waals surface area contributed by atoms with Crippen LogP contribution in [0.5, 0.6) is 0 Å². The number of fused-ring (bicyclic) bond motifs is 1. The summed E-state index contributed by atoms with van der Waals surface area (Å²) in [5.74, 6) is -0.717. The van der Waals surface area contributed by atoms with E-state index in [2.05, 4.69) is 28.5 Å². The van der Waals surface area contributed by atoms with Crippen LogP contribution >= 0.6 is 0 Å². The Hall–Kier alpha value is -2.25. The first-order chi connectivity index (χ1) is 14.1. The number of carbonyl (C=O) groups is 3. The van der Waals surface area contributed by atoms with E-state index in [1.54, 1.807) is 4.90 Å². The fourth-order valence-electron chi connectivity index (χ4n) is 4.80. The first-order valence-electron chi connectivity index (χ1n) is 10.8. The molecule has 0 bridgehead atoms. The largest absolute Gasteiger partial charge is 0.322 e. The van der Waals surface area contributed by atoms with Gasteiger partial charge in [-0.15, -0.1) is 0 Å². The number of piperidine rings is 1. The van der Waals surface area contributed by atoms with Crippen LogP contribution in [0.4, 0.5) is 0 Å². The molecule has 3 aliphatic rings. The van der Waals surface area contributed by atoms with Gasteiger partial charge in [0.2, 0.25) is 11.8 Å². The molecule has 3 heterocycles. The second-order valence-electron chi connectivity index (χ2n) is 8.29. The average Bonchev–Trinajstić information content (AvgIpc) is 2.88. The first kappa shape index (κ1) is 20.0. The van der Waals surface area contributed by atoms with E-state index in [4.69, 9.17) is 0 Å². The zero-order valence-corrected chi connectivity index (χ0v) is 17.1. The third-order valence-corrected chi connectivity index (χ3v) is 6.45. The van der Waals surface area contributed by atoms with Gasteiger partial charge in [-0.25, -0.2) is 0 Å². The van der Waals surface area contributed by atoms with E-state index in [1.165, 1.54) is 12.8 Å². The molecule has 2 N–H and O–H groups in total. The van der Waals surface area contributed by atoms with Gasteiger partial charge in [0, 0.05) is 31.1 Å². The molecule has 2 fully saturated rings. The van der Waals surface area contributed by atoms with Crippen molar-refractivity contribution in [2.24, 2.45) is 0 Å². The minimum Gasteiger partial charge on any atom is -0.322 e. The number of hydrogen-bond donors (Lipinski definition) is 2. The highest BCUT2D eigenvalue weighted by atomic mass is 16.2. The minimum absolute atomic E-state index is 0.0990. The van der Waals surface area contributed by atoms with Crippen LogP contribution in [0, 0.1) is 0 Å². The van der Waals surface area contributed by atoms with Gasteiger partial charge in [0.25, 0.3) is 5.91 Å². The zero-order chi connectivity index (χ0) is 20.4. The lowest BCUT2D eigenvalue weighted by Gasteiger charge is -2.30. The molecule has 0 aliphatic carbocycles. The fraction of sp³-hybridized carbons (Fsp3) is 0.591. The Morgan fingerprint density at radius 2 is 2.00 bits per heavy atom. The van der Waals surface area contributed by atoms with Gasteiger partial charge >= 0.3 is 0 Å². The predicted octanol–water partition coefficient (Wildman–Crippen LogP) is 1.41. The Bertz CT molecular complexity index is 801. The molecule has 4 rings (SSSR count).